The van der Waals surface area contributed by atoms with E-state index in [9.17, 15) is 4.79 Å². The average Bonchev–Trinajstić information content (AvgIpc) is 2.35. The number of hydrogen-bond acceptors (Lipinski definition) is 2. The van der Waals surface area contributed by atoms with E-state index in [2.05, 4.69) is 29.8 Å². The Balaban J connectivity index is 2.43. The van der Waals surface area contributed by atoms with Crippen LogP contribution in [0.5, 0.6) is 0 Å². The van der Waals surface area contributed by atoms with E-state index in [1.165, 1.54) is 4.90 Å². The highest BCUT2D eigenvalue weighted by atomic mass is 79.9. The van der Waals surface area contributed by atoms with Crippen LogP contribution in [0.4, 0.5) is 0 Å². The van der Waals surface area contributed by atoms with Gasteiger partial charge < -0.3 is 9.64 Å². The molecular weight excluding hydrogens is 282 g/mol. The lowest BCUT2D eigenvalue weighted by atomic mass is 10.2. The Labute approximate surface area is 111 Å². The molecule has 1 rings (SSSR count). The summed E-state index contributed by atoms with van der Waals surface area (Å²) in [6, 6.07) is 7.31. The first-order valence-electron chi connectivity index (χ1n) is 5.94. The monoisotopic (exact) mass is 300 g/mol. The summed E-state index contributed by atoms with van der Waals surface area (Å²) in [5.74, 6) is -0.260. The van der Waals surface area contributed by atoms with Gasteiger partial charge in [-0.05, 0) is 41.9 Å². The van der Waals surface area contributed by atoms with Gasteiger partial charge in [0.05, 0.1) is 18.7 Å². The number of quaternary nitrogens is 1. The van der Waals surface area contributed by atoms with Crippen molar-refractivity contribution in [2.24, 2.45) is 0 Å². The second-order valence-electron chi connectivity index (χ2n) is 3.82. The Kier molecular flexibility index (Phi) is 6.22. The Morgan fingerprint density at radius 2 is 1.94 bits per heavy atom. The third-order valence-electron chi connectivity index (χ3n) is 2.78. The predicted molar refractivity (Wildman–Crippen MR) is 71.3 cm³/mol. The highest BCUT2D eigenvalue weighted by Gasteiger charge is 2.11. The number of rotatable bonds is 6. The zero-order valence-corrected chi connectivity index (χ0v) is 11.9. The number of ether oxygens (including phenoxy) is 1. The number of carbonyl (C=O) groups is 1. The summed E-state index contributed by atoms with van der Waals surface area (Å²) in [5, 5.41) is 0. The molecule has 0 aliphatic rings. The van der Waals surface area contributed by atoms with Crippen LogP contribution in [0.25, 0.3) is 0 Å². The minimum Gasteiger partial charge on any atom is -0.456 e. The first-order valence-corrected chi connectivity index (χ1v) is 6.73. The first kappa shape index (κ1) is 14.2. The molecule has 0 heterocycles. The largest absolute Gasteiger partial charge is 0.456 e. The molecule has 0 spiro atoms. The third-order valence-corrected chi connectivity index (χ3v) is 3.47. The van der Waals surface area contributed by atoms with Gasteiger partial charge in [0, 0.05) is 4.47 Å². The number of hydrogen-bond donors (Lipinski definition) is 1. The zero-order chi connectivity index (χ0) is 12.7. The molecule has 0 amide bonds. The Bertz CT molecular complexity index is 364. The van der Waals surface area contributed by atoms with Crippen LogP contribution in [0.1, 0.15) is 24.2 Å². The van der Waals surface area contributed by atoms with E-state index in [-0.39, 0.29) is 5.97 Å². The number of nitrogens with one attached hydrogen (secondary N) is 1. The molecular formula is C13H19BrNO2+. The van der Waals surface area contributed by atoms with Crippen LogP contribution in [0.2, 0.25) is 0 Å². The van der Waals surface area contributed by atoms with Gasteiger partial charge in [-0.3, -0.25) is 0 Å². The molecule has 1 N–H and O–H groups in total. The highest BCUT2D eigenvalue weighted by molar-refractivity contribution is 9.10. The first-order chi connectivity index (χ1) is 8.19. The average molecular weight is 301 g/mol. The number of benzene rings is 1. The van der Waals surface area contributed by atoms with Crippen molar-refractivity contribution in [3.8, 4) is 0 Å². The van der Waals surface area contributed by atoms with Crippen molar-refractivity contribution in [3.05, 3.63) is 34.3 Å². The van der Waals surface area contributed by atoms with E-state index in [4.69, 9.17) is 4.74 Å². The van der Waals surface area contributed by atoms with Gasteiger partial charge in [0.25, 0.3) is 0 Å². The molecule has 17 heavy (non-hydrogen) atoms. The second kappa shape index (κ2) is 7.45. The van der Waals surface area contributed by atoms with Crippen LogP contribution in [-0.4, -0.2) is 32.2 Å². The molecule has 0 unspecified atom stereocenters. The van der Waals surface area contributed by atoms with Crippen LogP contribution in [0.15, 0.2) is 28.7 Å². The van der Waals surface area contributed by atoms with Gasteiger partial charge >= 0.3 is 5.97 Å². The molecule has 0 fully saturated rings. The van der Waals surface area contributed by atoms with Gasteiger partial charge in [0.15, 0.2) is 0 Å². The molecule has 94 valence electrons. The Morgan fingerprint density at radius 3 is 2.53 bits per heavy atom. The van der Waals surface area contributed by atoms with E-state index in [1.807, 2.05) is 18.2 Å². The molecule has 1 aromatic carbocycles. The molecule has 0 saturated carbocycles. The number of esters is 1. The summed E-state index contributed by atoms with van der Waals surface area (Å²) in [6.07, 6.45) is 0. The molecule has 0 saturated heterocycles. The second-order valence-corrected chi connectivity index (χ2v) is 4.68. The Hall–Kier alpha value is -0.870. The maximum absolute atomic E-state index is 11.8. The maximum Gasteiger partial charge on any atom is 0.339 e. The zero-order valence-electron chi connectivity index (χ0n) is 10.3. The summed E-state index contributed by atoms with van der Waals surface area (Å²) in [5.41, 5.74) is 0.585. The van der Waals surface area contributed by atoms with Crippen molar-refractivity contribution < 1.29 is 14.4 Å². The number of likely N-dealkylation sites (N-methyl/N-ethyl adjacent to an activating group) is 1. The Morgan fingerprint density at radius 1 is 1.29 bits per heavy atom. The lowest BCUT2D eigenvalue weighted by molar-refractivity contribution is -0.896. The molecule has 3 nitrogen and oxygen atoms in total. The van der Waals surface area contributed by atoms with Crippen LogP contribution < -0.4 is 4.90 Å². The van der Waals surface area contributed by atoms with Crippen molar-refractivity contribution in [1.82, 2.24) is 0 Å². The van der Waals surface area contributed by atoms with Gasteiger partial charge in [-0.25, -0.2) is 4.79 Å². The van der Waals surface area contributed by atoms with Gasteiger partial charge in [0.1, 0.15) is 13.2 Å². The summed E-state index contributed by atoms with van der Waals surface area (Å²) >= 11 is 3.34. The molecule has 0 aliphatic carbocycles. The van der Waals surface area contributed by atoms with Crippen molar-refractivity contribution in [1.29, 1.82) is 0 Å². The molecule has 4 heteroatoms. The smallest absolute Gasteiger partial charge is 0.339 e. The van der Waals surface area contributed by atoms with E-state index < -0.39 is 0 Å². The van der Waals surface area contributed by atoms with Crippen LogP contribution in [0.3, 0.4) is 0 Å². The minimum absolute atomic E-state index is 0.260. The lowest BCUT2D eigenvalue weighted by Crippen LogP contribution is -3.11. The van der Waals surface area contributed by atoms with Crippen LogP contribution in [-0.2, 0) is 4.74 Å². The SMILES string of the molecule is CC[NH+](CC)CCOC(=O)c1ccccc1Br. The van der Waals surface area contributed by atoms with E-state index in [0.29, 0.717) is 12.2 Å². The molecule has 0 atom stereocenters. The summed E-state index contributed by atoms with van der Waals surface area (Å²) < 4.78 is 6.03. The van der Waals surface area contributed by atoms with Crippen molar-refractivity contribution in [2.75, 3.05) is 26.2 Å². The fourth-order valence-corrected chi connectivity index (χ4v) is 2.04. The normalized spacial score (nSPS) is 10.6. The van der Waals surface area contributed by atoms with Crippen molar-refractivity contribution in [2.45, 2.75) is 13.8 Å². The quantitative estimate of drug-likeness (QED) is 0.808. The van der Waals surface area contributed by atoms with Gasteiger partial charge in [-0.1, -0.05) is 12.1 Å². The van der Waals surface area contributed by atoms with Gasteiger partial charge in [0.2, 0.25) is 0 Å². The van der Waals surface area contributed by atoms with Gasteiger partial charge in [-0.15, -0.1) is 0 Å². The highest BCUT2D eigenvalue weighted by Crippen LogP contribution is 2.16. The third kappa shape index (κ3) is 4.48. The minimum atomic E-state index is -0.260. The predicted octanol–water partition coefficient (Wildman–Crippen LogP) is 1.53. The molecule has 0 aliphatic heterocycles. The summed E-state index contributed by atoms with van der Waals surface area (Å²) in [7, 11) is 0. The topological polar surface area (TPSA) is 30.7 Å². The van der Waals surface area contributed by atoms with Crippen molar-refractivity contribution >= 4 is 21.9 Å². The van der Waals surface area contributed by atoms with Crippen LogP contribution in [0, 0.1) is 0 Å². The molecule has 0 bridgehead atoms. The number of halogens is 1. The summed E-state index contributed by atoms with van der Waals surface area (Å²) in [6.45, 7) is 7.72. The van der Waals surface area contributed by atoms with E-state index in [1.54, 1.807) is 6.07 Å². The van der Waals surface area contributed by atoms with Crippen LogP contribution >= 0.6 is 15.9 Å². The van der Waals surface area contributed by atoms with Crippen molar-refractivity contribution in [3.63, 3.8) is 0 Å². The van der Waals surface area contributed by atoms with Gasteiger partial charge in [-0.2, -0.15) is 0 Å². The standard InChI is InChI=1S/C13H18BrNO2/c1-3-15(4-2)9-10-17-13(16)11-7-5-6-8-12(11)14/h5-8H,3-4,9-10H2,1-2H3/p+1. The molecule has 0 aromatic heterocycles. The van der Waals surface area contributed by atoms with E-state index >= 15 is 0 Å². The summed E-state index contributed by atoms with van der Waals surface area (Å²) in [4.78, 5) is 13.2. The fourth-order valence-electron chi connectivity index (χ4n) is 1.60. The fraction of sp³-hybridized carbons (Fsp3) is 0.462. The van der Waals surface area contributed by atoms with E-state index in [0.717, 1.165) is 24.1 Å². The molecule has 0 radical (unpaired) electrons. The number of carbonyl (C=O) groups excluding carboxylic acids is 1. The maximum atomic E-state index is 11.8. The lowest BCUT2D eigenvalue weighted by Gasteiger charge is -2.15. The molecule has 1 aromatic rings.